The first kappa shape index (κ1) is 14.8. The zero-order valence-corrected chi connectivity index (χ0v) is 13.8. The summed E-state index contributed by atoms with van der Waals surface area (Å²) in [4.78, 5) is 12.4. The SMILES string of the molecule is CC1Cc2cc(O)c(C#N)cc2C2CC[C@]3(C)C(=O)CCC3C12. The maximum absolute atomic E-state index is 12.4. The summed E-state index contributed by atoms with van der Waals surface area (Å²) in [6.07, 6.45) is 4.70. The van der Waals surface area contributed by atoms with Crippen LogP contribution in [0.2, 0.25) is 0 Å². The second-order valence-electron chi connectivity index (χ2n) is 8.07. The van der Waals surface area contributed by atoms with E-state index in [9.17, 15) is 15.2 Å². The van der Waals surface area contributed by atoms with Crippen LogP contribution in [0.25, 0.3) is 0 Å². The number of nitriles is 1. The van der Waals surface area contributed by atoms with Crippen molar-refractivity contribution in [2.24, 2.45) is 23.2 Å². The minimum absolute atomic E-state index is 0.105. The van der Waals surface area contributed by atoms with Gasteiger partial charge in [0.05, 0.1) is 5.56 Å². The van der Waals surface area contributed by atoms with Gasteiger partial charge < -0.3 is 5.11 Å². The summed E-state index contributed by atoms with van der Waals surface area (Å²) in [6, 6.07) is 5.82. The van der Waals surface area contributed by atoms with Crippen molar-refractivity contribution in [2.45, 2.75) is 51.9 Å². The standard InChI is InChI=1S/C20H23NO2/c1-11-7-12-9-17(22)13(10-21)8-15(12)14-5-6-20(2)16(19(11)14)3-4-18(20)23/h8-9,11,14,16,19,22H,3-7H2,1-2H3/t11?,14?,16?,19?,20-/m0/s1. The maximum Gasteiger partial charge on any atom is 0.139 e. The molecule has 0 radical (unpaired) electrons. The molecule has 2 saturated carbocycles. The predicted octanol–water partition coefficient (Wildman–Crippen LogP) is 3.94. The Balaban J connectivity index is 1.80. The number of nitrogens with zero attached hydrogens (tertiary/aromatic N) is 1. The van der Waals surface area contributed by atoms with Gasteiger partial charge in [-0.3, -0.25) is 4.79 Å². The summed E-state index contributed by atoms with van der Waals surface area (Å²) >= 11 is 0. The van der Waals surface area contributed by atoms with E-state index in [0.29, 0.717) is 35.0 Å². The number of aromatic hydroxyl groups is 1. The molecule has 0 aliphatic heterocycles. The third-order valence-electron chi connectivity index (χ3n) is 7.02. The lowest BCUT2D eigenvalue weighted by atomic mass is 9.53. The van der Waals surface area contributed by atoms with Crippen molar-refractivity contribution in [3.8, 4) is 11.8 Å². The van der Waals surface area contributed by atoms with Crippen LogP contribution in [-0.4, -0.2) is 10.9 Å². The van der Waals surface area contributed by atoms with Gasteiger partial charge in [-0.05, 0) is 72.6 Å². The Kier molecular flexibility index (Phi) is 3.10. The number of phenolic OH excluding ortho intramolecular Hbond substituents is 1. The van der Waals surface area contributed by atoms with Crippen molar-refractivity contribution in [3.05, 3.63) is 28.8 Å². The molecule has 1 N–H and O–H groups in total. The lowest BCUT2D eigenvalue weighted by molar-refractivity contribution is -0.129. The maximum atomic E-state index is 12.4. The van der Waals surface area contributed by atoms with Crippen LogP contribution in [0.5, 0.6) is 5.75 Å². The van der Waals surface area contributed by atoms with Crippen LogP contribution >= 0.6 is 0 Å². The number of benzene rings is 1. The molecule has 23 heavy (non-hydrogen) atoms. The highest BCUT2D eigenvalue weighted by Gasteiger charge is 2.56. The smallest absolute Gasteiger partial charge is 0.139 e. The lowest BCUT2D eigenvalue weighted by Gasteiger charge is -2.51. The first-order valence-corrected chi connectivity index (χ1v) is 8.75. The van der Waals surface area contributed by atoms with Gasteiger partial charge in [-0.15, -0.1) is 0 Å². The van der Waals surface area contributed by atoms with E-state index in [4.69, 9.17) is 0 Å². The molecular weight excluding hydrogens is 286 g/mol. The van der Waals surface area contributed by atoms with Gasteiger partial charge in [-0.1, -0.05) is 13.8 Å². The van der Waals surface area contributed by atoms with Crippen molar-refractivity contribution >= 4 is 5.78 Å². The number of Topliss-reactive ketones (excluding diaryl/α,β-unsaturated/α-hetero) is 1. The second-order valence-corrected chi connectivity index (χ2v) is 8.07. The fourth-order valence-corrected chi connectivity index (χ4v) is 5.87. The Morgan fingerprint density at radius 1 is 1.35 bits per heavy atom. The monoisotopic (exact) mass is 309 g/mol. The van der Waals surface area contributed by atoms with E-state index in [0.717, 1.165) is 32.1 Å². The van der Waals surface area contributed by atoms with Crippen LogP contribution in [0.1, 0.15) is 62.1 Å². The molecule has 0 amide bonds. The highest BCUT2D eigenvalue weighted by atomic mass is 16.3. The first-order valence-electron chi connectivity index (χ1n) is 8.75. The van der Waals surface area contributed by atoms with E-state index < -0.39 is 0 Å². The summed E-state index contributed by atoms with van der Waals surface area (Å²) in [6.45, 7) is 4.48. The van der Waals surface area contributed by atoms with Gasteiger partial charge in [-0.25, -0.2) is 0 Å². The molecule has 3 aliphatic rings. The second kappa shape index (κ2) is 4.84. The Morgan fingerprint density at radius 2 is 2.13 bits per heavy atom. The number of rotatable bonds is 0. The van der Waals surface area contributed by atoms with Crippen molar-refractivity contribution in [1.29, 1.82) is 5.26 Å². The third-order valence-corrected chi connectivity index (χ3v) is 7.02. The van der Waals surface area contributed by atoms with E-state index in [1.54, 1.807) is 6.07 Å². The minimum Gasteiger partial charge on any atom is -0.507 e. The summed E-state index contributed by atoms with van der Waals surface area (Å²) in [7, 11) is 0. The quantitative estimate of drug-likeness (QED) is 0.789. The van der Waals surface area contributed by atoms with Gasteiger partial charge in [0.15, 0.2) is 0 Å². The van der Waals surface area contributed by atoms with Gasteiger partial charge in [-0.2, -0.15) is 5.26 Å². The Bertz CT molecular complexity index is 732. The van der Waals surface area contributed by atoms with E-state index in [-0.39, 0.29) is 11.2 Å². The van der Waals surface area contributed by atoms with E-state index in [1.165, 1.54) is 11.1 Å². The molecule has 0 saturated heterocycles. The normalized spacial score (nSPS) is 38.4. The number of carbonyl (C=O) groups is 1. The molecule has 3 aliphatic carbocycles. The highest BCUT2D eigenvalue weighted by Crippen LogP contribution is 2.61. The molecule has 0 bridgehead atoms. The first-order chi connectivity index (χ1) is 11.0. The van der Waals surface area contributed by atoms with Crippen molar-refractivity contribution in [3.63, 3.8) is 0 Å². The number of hydrogen-bond donors (Lipinski definition) is 1. The number of phenols is 1. The molecule has 3 nitrogen and oxygen atoms in total. The molecule has 0 spiro atoms. The largest absolute Gasteiger partial charge is 0.507 e. The Hall–Kier alpha value is -1.82. The van der Waals surface area contributed by atoms with E-state index >= 15 is 0 Å². The van der Waals surface area contributed by atoms with Gasteiger partial charge in [0.2, 0.25) is 0 Å². The topological polar surface area (TPSA) is 61.1 Å². The van der Waals surface area contributed by atoms with Gasteiger partial charge in [0.25, 0.3) is 0 Å². The van der Waals surface area contributed by atoms with Gasteiger partial charge >= 0.3 is 0 Å². The van der Waals surface area contributed by atoms with Crippen LogP contribution in [0, 0.1) is 34.5 Å². The van der Waals surface area contributed by atoms with Crippen molar-refractivity contribution in [1.82, 2.24) is 0 Å². The fourth-order valence-electron chi connectivity index (χ4n) is 5.87. The molecule has 0 heterocycles. The Labute approximate surface area is 137 Å². The predicted molar refractivity (Wildman–Crippen MR) is 87.0 cm³/mol. The Morgan fingerprint density at radius 3 is 2.87 bits per heavy atom. The van der Waals surface area contributed by atoms with Crippen LogP contribution in [0.3, 0.4) is 0 Å². The van der Waals surface area contributed by atoms with Crippen LogP contribution in [-0.2, 0) is 11.2 Å². The summed E-state index contributed by atoms with van der Waals surface area (Å²) in [5, 5.41) is 19.2. The van der Waals surface area contributed by atoms with Crippen molar-refractivity contribution in [2.75, 3.05) is 0 Å². The molecule has 0 aromatic heterocycles. The van der Waals surface area contributed by atoms with Crippen LogP contribution in [0.15, 0.2) is 12.1 Å². The third kappa shape index (κ3) is 1.90. The summed E-state index contributed by atoms with van der Waals surface area (Å²) < 4.78 is 0. The molecule has 3 heteroatoms. The number of hydrogen-bond acceptors (Lipinski definition) is 3. The fraction of sp³-hybridized carbons (Fsp3) is 0.600. The van der Waals surface area contributed by atoms with Crippen LogP contribution in [0.4, 0.5) is 0 Å². The molecule has 5 atom stereocenters. The van der Waals surface area contributed by atoms with Crippen molar-refractivity contribution < 1.29 is 9.90 Å². The zero-order chi connectivity index (χ0) is 16.4. The molecule has 120 valence electrons. The summed E-state index contributed by atoms with van der Waals surface area (Å²) in [5.41, 5.74) is 2.71. The average molecular weight is 309 g/mol. The molecule has 1 aromatic rings. The molecule has 1 aromatic carbocycles. The number of ketones is 1. The van der Waals surface area contributed by atoms with E-state index in [2.05, 4.69) is 19.9 Å². The minimum atomic E-state index is -0.123. The number of fused-ring (bicyclic) bond motifs is 5. The van der Waals surface area contributed by atoms with Crippen LogP contribution < -0.4 is 0 Å². The van der Waals surface area contributed by atoms with E-state index in [1.807, 2.05) is 6.07 Å². The average Bonchev–Trinajstić information content (AvgIpc) is 2.82. The molecular formula is C20H23NO2. The molecule has 4 rings (SSSR count). The highest BCUT2D eigenvalue weighted by molar-refractivity contribution is 5.87. The molecule has 4 unspecified atom stereocenters. The lowest BCUT2D eigenvalue weighted by Crippen LogP contribution is -2.45. The number of carbonyl (C=O) groups excluding carboxylic acids is 1. The molecule has 2 fully saturated rings. The zero-order valence-electron chi connectivity index (χ0n) is 13.8. The van der Waals surface area contributed by atoms with Gasteiger partial charge in [0, 0.05) is 11.8 Å². The van der Waals surface area contributed by atoms with Gasteiger partial charge in [0.1, 0.15) is 17.6 Å². The summed E-state index contributed by atoms with van der Waals surface area (Å²) in [5.74, 6) is 2.54.